The number of aromatic nitrogens is 1. The molecule has 1 heterocycles. The van der Waals surface area contributed by atoms with Gasteiger partial charge in [0.25, 0.3) is 11.9 Å². The molecule has 1 aromatic carbocycles. The Kier molecular flexibility index (Phi) is 5.48. The lowest BCUT2D eigenvalue weighted by molar-refractivity contribution is 0.102. The van der Waals surface area contributed by atoms with E-state index in [9.17, 15) is 22.4 Å². The molecule has 144 valence electrons. The SMILES string of the molecule is COc1cc(F)c(C(=O)Nc2c(F)cnc(F)c2F)cc1OC1CCCC1. The van der Waals surface area contributed by atoms with Crippen molar-refractivity contribution in [3.05, 3.63) is 47.3 Å². The highest BCUT2D eigenvalue weighted by Gasteiger charge is 2.24. The maximum Gasteiger partial charge on any atom is 0.258 e. The van der Waals surface area contributed by atoms with Gasteiger partial charge in [-0.25, -0.2) is 13.8 Å². The van der Waals surface area contributed by atoms with E-state index in [0.29, 0.717) is 6.20 Å². The van der Waals surface area contributed by atoms with Gasteiger partial charge in [-0.05, 0) is 31.7 Å². The molecule has 1 saturated carbocycles. The van der Waals surface area contributed by atoms with Crippen LogP contribution in [0.4, 0.5) is 23.2 Å². The summed E-state index contributed by atoms with van der Waals surface area (Å²) < 4.78 is 65.6. The second-order valence-corrected chi connectivity index (χ2v) is 6.05. The van der Waals surface area contributed by atoms with E-state index < -0.39 is 40.6 Å². The van der Waals surface area contributed by atoms with Crippen molar-refractivity contribution in [2.24, 2.45) is 0 Å². The van der Waals surface area contributed by atoms with Crippen LogP contribution in [0.5, 0.6) is 11.5 Å². The molecule has 0 saturated heterocycles. The second-order valence-electron chi connectivity index (χ2n) is 6.05. The smallest absolute Gasteiger partial charge is 0.258 e. The average Bonchev–Trinajstić information content (AvgIpc) is 3.16. The number of hydrogen-bond donors (Lipinski definition) is 1. The highest BCUT2D eigenvalue weighted by Crippen LogP contribution is 2.34. The van der Waals surface area contributed by atoms with Crippen molar-refractivity contribution in [1.29, 1.82) is 0 Å². The lowest BCUT2D eigenvalue weighted by atomic mass is 10.1. The third-order valence-corrected chi connectivity index (χ3v) is 4.26. The molecule has 1 fully saturated rings. The summed E-state index contributed by atoms with van der Waals surface area (Å²) in [5.41, 5.74) is -1.58. The third kappa shape index (κ3) is 3.96. The van der Waals surface area contributed by atoms with Crippen LogP contribution in [0.25, 0.3) is 0 Å². The largest absolute Gasteiger partial charge is 0.493 e. The Bertz CT molecular complexity index is 870. The Balaban J connectivity index is 1.91. The molecule has 2 aromatic rings. The van der Waals surface area contributed by atoms with E-state index in [-0.39, 0.29) is 17.6 Å². The average molecular weight is 384 g/mol. The van der Waals surface area contributed by atoms with Gasteiger partial charge in [-0.2, -0.15) is 8.78 Å². The first-order valence-electron chi connectivity index (χ1n) is 8.25. The minimum absolute atomic E-state index is 0.0864. The number of benzene rings is 1. The zero-order valence-corrected chi connectivity index (χ0v) is 14.3. The topological polar surface area (TPSA) is 60.5 Å². The zero-order valence-electron chi connectivity index (χ0n) is 14.3. The number of nitrogens with zero attached hydrogens (tertiary/aromatic N) is 1. The fourth-order valence-electron chi connectivity index (χ4n) is 2.88. The van der Waals surface area contributed by atoms with Crippen molar-refractivity contribution in [2.75, 3.05) is 12.4 Å². The van der Waals surface area contributed by atoms with Crippen molar-refractivity contribution < 1.29 is 31.8 Å². The highest BCUT2D eigenvalue weighted by atomic mass is 19.2. The molecule has 0 aliphatic heterocycles. The normalized spacial score (nSPS) is 14.3. The van der Waals surface area contributed by atoms with Crippen LogP contribution in [0, 0.1) is 23.4 Å². The van der Waals surface area contributed by atoms with Crippen molar-refractivity contribution >= 4 is 11.6 Å². The number of nitrogens with one attached hydrogen (secondary N) is 1. The van der Waals surface area contributed by atoms with Crippen LogP contribution in [-0.2, 0) is 0 Å². The minimum Gasteiger partial charge on any atom is -0.493 e. The van der Waals surface area contributed by atoms with Crippen LogP contribution in [0.2, 0.25) is 0 Å². The fourth-order valence-corrected chi connectivity index (χ4v) is 2.88. The standard InChI is InChI=1S/C18H16F4N2O3/c1-26-13-7-11(19)10(6-14(13)27-9-4-2-3-5-9)18(25)24-16-12(20)8-23-17(22)15(16)21/h6-9H,2-5H2,1H3,(H,23,24,25). The molecule has 0 bridgehead atoms. The fraction of sp³-hybridized carbons (Fsp3) is 0.333. The molecule has 0 atom stereocenters. The van der Waals surface area contributed by atoms with Crippen LogP contribution in [-0.4, -0.2) is 24.1 Å². The van der Waals surface area contributed by atoms with E-state index in [4.69, 9.17) is 9.47 Å². The van der Waals surface area contributed by atoms with Crippen molar-refractivity contribution in [3.63, 3.8) is 0 Å². The van der Waals surface area contributed by atoms with Gasteiger partial charge in [0.05, 0.1) is 25.0 Å². The molecular weight excluding hydrogens is 368 g/mol. The lowest BCUT2D eigenvalue weighted by Crippen LogP contribution is -2.18. The van der Waals surface area contributed by atoms with Crippen LogP contribution < -0.4 is 14.8 Å². The lowest BCUT2D eigenvalue weighted by Gasteiger charge is -2.17. The van der Waals surface area contributed by atoms with Crippen LogP contribution >= 0.6 is 0 Å². The summed E-state index contributed by atoms with van der Waals surface area (Å²) in [6, 6.07) is 2.04. The summed E-state index contributed by atoms with van der Waals surface area (Å²) in [4.78, 5) is 15.2. The Labute approximate surface area is 152 Å². The maximum atomic E-state index is 14.3. The molecule has 0 unspecified atom stereocenters. The number of amides is 1. The van der Waals surface area contributed by atoms with E-state index in [2.05, 4.69) is 4.98 Å². The number of methoxy groups -OCH3 is 1. The van der Waals surface area contributed by atoms with Crippen molar-refractivity contribution in [3.8, 4) is 11.5 Å². The van der Waals surface area contributed by atoms with Crippen LogP contribution in [0.1, 0.15) is 36.0 Å². The second kappa shape index (κ2) is 7.81. The van der Waals surface area contributed by atoms with Gasteiger partial charge in [0.2, 0.25) is 5.82 Å². The van der Waals surface area contributed by atoms with Crippen molar-refractivity contribution in [2.45, 2.75) is 31.8 Å². The summed E-state index contributed by atoms with van der Waals surface area (Å²) in [6.07, 6.45) is 3.93. The Morgan fingerprint density at radius 1 is 1.11 bits per heavy atom. The van der Waals surface area contributed by atoms with Crippen molar-refractivity contribution in [1.82, 2.24) is 4.98 Å². The number of pyridine rings is 1. The highest BCUT2D eigenvalue weighted by molar-refractivity contribution is 6.05. The molecule has 3 rings (SSSR count). The molecule has 1 amide bonds. The van der Waals surface area contributed by atoms with E-state index >= 15 is 0 Å². The van der Waals surface area contributed by atoms with Gasteiger partial charge >= 0.3 is 0 Å². The predicted molar refractivity (Wildman–Crippen MR) is 87.9 cm³/mol. The molecule has 1 N–H and O–H groups in total. The number of carbonyl (C=O) groups is 1. The predicted octanol–water partition coefficient (Wildman–Crippen LogP) is 4.22. The van der Waals surface area contributed by atoms with Crippen LogP contribution in [0.15, 0.2) is 18.3 Å². The monoisotopic (exact) mass is 384 g/mol. The summed E-state index contributed by atoms with van der Waals surface area (Å²) >= 11 is 0. The number of rotatable bonds is 5. The van der Waals surface area contributed by atoms with E-state index in [1.165, 1.54) is 7.11 Å². The minimum atomic E-state index is -1.68. The summed E-state index contributed by atoms with van der Waals surface area (Å²) in [5, 5.41) is 1.83. The number of hydrogen-bond acceptors (Lipinski definition) is 4. The van der Waals surface area contributed by atoms with Gasteiger partial charge < -0.3 is 14.8 Å². The van der Waals surface area contributed by atoms with Gasteiger partial charge in [-0.15, -0.1) is 0 Å². The summed E-state index contributed by atoms with van der Waals surface area (Å²) in [5.74, 6) is -6.50. The molecule has 5 nitrogen and oxygen atoms in total. The molecule has 9 heteroatoms. The Morgan fingerprint density at radius 2 is 1.81 bits per heavy atom. The van der Waals surface area contributed by atoms with Gasteiger partial charge in [0.15, 0.2) is 17.3 Å². The molecule has 0 spiro atoms. The zero-order chi connectivity index (χ0) is 19.6. The van der Waals surface area contributed by atoms with Gasteiger partial charge in [-0.1, -0.05) is 0 Å². The Morgan fingerprint density at radius 3 is 2.48 bits per heavy atom. The third-order valence-electron chi connectivity index (χ3n) is 4.26. The maximum absolute atomic E-state index is 14.3. The first-order valence-corrected chi connectivity index (χ1v) is 8.25. The molecule has 0 radical (unpaired) electrons. The molecular formula is C18H16F4N2O3. The quantitative estimate of drug-likeness (QED) is 0.619. The van der Waals surface area contributed by atoms with Gasteiger partial charge in [0, 0.05) is 6.07 Å². The Hall–Kier alpha value is -2.84. The van der Waals surface area contributed by atoms with E-state index in [1.54, 1.807) is 0 Å². The van der Waals surface area contributed by atoms with Gasteiger partial charge in [-0.3, -0.25) is 4.79 Å². The van der Waals surface area contributed by atoms with Crippen LogP contribution in [0.3, 0.4) is 0 Å². The number of halogens is 4. The number of ether oxygens (including phenoxy) is 2. The molecule has 1 aliphatic carbocycles. The van der Waals surface area contributed by atoms with E-state index in [0.717, 1.165) is 37.8 Å². The number of anilines is 1. The summed E-state index contributed by atoms with van der Waals surface area (Å²) in [7, 11) is 1.32. The first-order chi connectivity index (χ1) is 12.9. The molecule has 27 heavy (non-hydrogen) atoms. The number of carbonyl (C=O) groups excluding carboxylic acids is 1. The van der Waals surface area contributed by atoms with E-state index in [1.807, 2.05) is 5.32 Å². The van der Waals surface area contributed by atoms with Gasteiger partial charge in [0.1, 0.15) is 11.5 Å². The first kappa shape index (κ1) is 18.9. The summed E-state index contributed by atoms with van der Waals surface area (Å²) in [6.45, 7) is 0. The molecule has 1 aromatic heterocycles. The molecule has 1 aliphatic rings.